The van der Waals surface area contributed by atoms with E-state index in [1.807, 2.05) is 0 Å². The molecule has 0 amide bonds. The molecule has 0 saturated carbocycles. The summed E-state index contributed by atoms with van der Waals surface area (Å²) in [5.41, 5.74) is -1.23. The van der Waals surface area contributed by atoms with Crippen LogP contribution in [0.4, 0.5) is 0 Å². The second-order valence-electron chi connectivity index (χ2n) is 3.50. The van der Waals surface area contributed by atoms with Gasteiger partial charge in [0, 0.05) is 17.0 Å². The number of hydrogen-bond donors (Lipinski definition) is 4. The zero-order valence-corrected chi connectivity index (χ0v) is 10.1. The Morgan fingerprint density at radius 3 is 2.19 bits per heavy atom. The summed E-state index contributed by atoms with van der Waals surface area (Å²) in [4.78, 5) is 0. The van der Waals surface area contributed by atoms with Crippen LogP contribution in [0.15, 0.2) is 0 Å². The molecule has 9 heteroatoms. The Morgan fingerprint density at radius 1 is 1.19 bits per heavy atom. The largest absolute Gasteiger partial charge is 0.394 e. The SMILES string of the molecule is CS(=O)(=O)SC1O[C@H](CO)[C@@H](O)[C@H](O)[C@H]1O. The van der Waals surface area contributed by atoms with Crippen molar-refractivity contribution in [2.24, 2.45) is 0 Å². The molecule has 1 heterocycles. The maximum atomic E-state index is 11.0. The lowest BCUT2D eigenvalue weighted by Gasteiger charge is -2.39. The Kier molecular flexibility index (Phi) is 4.57. The van der Waals surface area contributed by atoms with E-state index in [4.69, 9.17) is 9.84 Å². The minimum Gasteiger partial charge on any atom is -0.394 e. The van der Waals surface area contributed by atoms with Gasteiger partial charge in [-0.1, -0.05) is 0 Å². The number of ether oxygens (including phenoxy) is 1. The smallest absolute Gasteiger partial charge is 0.201 e. The topological polar surface area (TPSA) is 124 Å². The van der Waals surface area contributed by atoms with Gasteiger partial charge in [0.25, 0.3) is 0 Å². The van der Waals surface area contributed by atoms with Crippen LogP contribution in [0.25, 0.3) is 0 Å². The quantitative estimate of drug-likeness (QED) is 0.416. The van der Waals surface area contributed by atoms with Crippen LogP contribution in [0.5, 0.6) is 0 Å². The summed E-state index contributed by atoms with van der Waals surface area (Å²) < 4.78 is 27.0. The van der Waals surface area contributed by atoms with E-state index in [9.17, 15) is 23.7 Å². The lowest BCUT2D eigenvalue weighted by atomic mass is 10.0. The first-order chi connectivity index (χ1) is 7.26. The van der Waals surface area contributed by atoms with E-state index in [-0.39, 0.29) is 0 Å². The second-order valence-corrected chi connectivity index (χ2v) is 7.96. The molecule has 1 unspecified atom stereocenters. The van der Waals surface area contributed by atoms with Crippen molar-refractivity contribution in [1.82, 2.24) is 0 Å². The molecule has 0 aromatic rings. The minimum atomic E-state index is -3.47. The van der Waals surface area contributed by atoms with Crippen molar-refractivity contribution in [2.45, 2.75) is 29.9 Å². The van der Waals surface area contributed by atoms with Crippen LogP contribution in [0.3, 0.4) is 0 Å². The van der Waals surface area contributed by atoms with Crippen molar-refractivity contribution in [3.05, 3.63) is 0 Å². The summed E-state index contributed by atoms with van der Waals surface area (Å²) in [6, 6.07) is 0. The molecule has 1 fully saturated rings. The van der Waals surface area contributed by atoms with E-state index in [2.05, 4.69) is 0 Å². The molecule has 16 heavy (non-hydrogen) atoms. The molecular formula is C7H14O7S2. The Labute approximate surface area is 96.4 Å². The van der Waals surface area contributed by atoms with Crippen LogP contribution in [0.2, 0.25) is 0 Å². The molecule has 0 radical (unpaired) electrons. The molecule has 0 aromatic carbocycles. The molecule has 96 valence electrons. The summed E-state index contributed by atoms with van der Waals surface area (Å²) in [7, 11) is -3.14. The molecule has 1 saturated heterocycles. The highest BCUT2D eigenvalue weighted by Gasteiger charge is 2.44. The first-order valence-corrected chi connectivity index (χ1v) is 7.74. The Bertz CT molecular complexity index is 328. The van der Waals surface area contributed by atoms with E-state index in [1.54, 1.807) is 0 Å². The number of aliphatic hydroxyl groups excluding tert-OH is 4. The molecule has 4 N–H and O–H groups in total. The zero-order valence-electron chi connectivity index (χ0n) is 8.42. The van der Waals surface area contributed by atoms with Gasteiger partial charge in [0.1, 0.15) is 29.9 Å². The van der Waals surface area contributed by atoms with Crippen molar-refractivity contribution in [3.63, 3.8) is 0 Å². The highest BCUT2D eigenvalue weighted by Crippen LogP contribution is 2.30. The van der Waals surface area contributed by atoms with E-state index >= 15 is 0 Å². The number of hydrogen-bond acceptors (Lipinski definition) is 8. The van der Waals surface area contributed by atoms with Gasteiger partial charge in [0.15, 0.2) is 0 Å². The van der Waals surface area contributed by atoms with Crippen LogP contribution in [-0.2, 0) is 13.6 Å². The summed E-state index contributed by atoms with van der Waals surface area (Å²) in [5.74, 6) is 0. The van der Waals surface area contributed by atoms with Crippen LogP contribution in [0, 0.1) is 0 Å². The van der Waals surface area contributed by atoms with Gasteiger partial charge < -0.3 is 25.2 Å². The molecule has 0 aliphatic carbocycles. The molecule has 7 nitrogen and oxygen atoms in total. The van der Waals surface area contributed by atoms with E-state index in [1.165, 1.54) is 0 Å². The molecule has 5 atom stereocenters. The second kappa shape index (κ2) is 5.17. The molecule has 0 spiro atoms. The molecule has 0 aromatic heterocycles. The third kappa shape index (κ3) is 3.29. The standard InChI is InChI=1S/C7H14O7S2/c1-16(12,13)15-7-6(11)5(10)4(9)3(2-8)14-7/h3-11H,2H2,1H3/t3-,4-,5+,6-,7?/m1/s1. The predicted octanol–water partition coefficient (Wildman–Crippen LogP) is -2.52. The van der Waals surface area contributed by atoms with Crippen molar-refractivity contribution < 1.29 is 33.6 Å². The molecule has 1 rings (SSSR count). The summed E-state index contributed by atoms with van der Waals surface area (Å²) in [6.07, 6.45) is -4.71. The predicted molar refractivity (Wildman–Crippen MR) is 56.2 cm³/mol. The Hall–Kier alpha value is 0.1000. The van der Waals surface area contributed by atoms with E-state index in [0.717, 1.165) is 6.26 Å². The fraction of sp³-hybridized carbons (Fsp3) is 1.00. The van der Waals surface area contributed by atoms with Crippen LogP contribution >= 0.6 is 10.8 Å². The van der Waals surface area contributed by atoms with Gasteiger partial charge >= 0.3 is 0 Å². The summed E-state index contributed by atoms with van der Waals surface area (Å²) >= 11 is 0. The van der Waals surface area contributed by atoms with Crippen LogP contribution < -0.4 is 0 Å². The van der Waals surface area contributed by atoms with E-state index in [0.29, 0.717) is 10.8 Å². The molecule has 1 aliphatic rings. The number of aliphatic hydroxyl groups is 4. The van der Waals surface area contributed by atoms with Gasteiger partial charge in [-0.05, 0) is 0 Å². The van der Waals surface area contributed by atoms with Crippen molar-refractivity contribution in [1.29, 1.82) is 0 Å². The fourth-order valence-electron chi connectivity index (χ4n) is 1.32. The zero-order chi connectivity index (χ0) is 12.5. The van der Waals surface area contributed by atoms with Gasteiger partial charge in [-0.25, -0.2) is 8.42 Å². The van der Waals surface area contributed by atoms with E-state index < -0.39 is 45.3 Å². The van der Waals surface area contributed by atoms with Crippen LogP contribution in [-0.4, -0.2) is 71.6 Å². The third-order valence-corrected chi connectivity index (χ3v) is 4.67. The maximum Gasteiger partial charge on any atom is 0.201 e. The maximum absolute atomic E-state index is 11.0. The average molecular weight is 274 g/mol. The highest BCUT2D eigenvalue weighted by molar-refractivity contribution is 8.72. The van der Waals surface area contributed by atoms with Crippen molar-refractivity contribution in [2.75, 3.05) is 12.9 Å². The first-order valence-electron chi connectivity index (χ1n) is 4.45. The minimum absolute atomic E-state index is 0.328. The first kappa shape index (κ1) is 14.2. The Balaban J connectivity index is 2.79. The van der Waals surface area contributed by atoms with Gasteiger partial charge in [0.05, 0.1) is 6.61 Å². The van der Waals surface area contributed by atoms with Crippen molar-refractivity contribution in [3.8, 4) is 0 Å². The number of rotatable bonds is 3. The molecule has 1 aliphatic heterocycles. The van der Waals surface area contributed by atoms with Gasteiger partial charge in [0.2, 0.25) is 8.87 Å². The lowest BCUT2D eigenvalue weighted by Crippen LogP contribution is -2.57. The van der Waals surface area contributed by atoms with Gasteiger partial charge in [-0.2, -0.15) is 0 Å². The van der Waals surface area contributed by atoms with Crippen LogP contribution in [0.1, 0.15) is 0 Å². The molecular weight excluding hydrogens is 260 g/mol. The normalized spacial score (nSPS) is 40.9. The Morgan fingerprint density at radius 2 is 1.75 bits per heavy atom. The van der Waals surface area contributed by atoms with Gasteiger partial charge in [-0.3, -0.25) is 0 Å². The molecule has 0 bridgehead atoms. The van der Waals surface area contributed by atoms with Crippen molar-refractivity contribution >= 4 is 19.7 Å². The summed E-state index contributed by atoms with van der Waals surface area (Å²) in [5, 5.41) is 37.1. The monoisotopic (exact) mass is 274 g/mol. The average Bonchev–Trinajstić information content (AvgIpc) is 2.17. The fourth-order valence-corrected chi connectivity index (χ4v) is 3.64. The van der Waals surface area contributed by atoms with Gasteiger partial charge in [-0.15, -0.1) is 0 Å². The summed E-state index contributed by atoms with van der Waals surface area (Å²) in [6.45, 7) is -0.578. The third-order valence-electron chi connectivity index (χ3n) is 2.12. The lowest BCUT2D eigenvalue weighted by molar-refractivity contribution is -0.205. The highest BCUT2D eigenvalue weighted by atomic mass is 33.1.